The Labute approximate surface area is 152 Å². The number of aromatic nitrogens is 1. The fraction of sp³-hybridized carbons (Fsp3) is 0.143. The van der Waals surface area contributed by atoms with Crippen molar-refractivity contribution in [3.05, 3.63) is 83.0 Å². The number of nitrogens with two attached hydrogens (primary N) is 1. The van der Waals surface area contributed by atoms with Crippen LogP contribution in [0, 0.1) is 13.8 Å². The molecule has 1 aromatic heterocycles. The van der Waals surface area contributed by atoms with Crippen LogP contribution in [0.15, 0.2) is 60.8 Å². The first kappa shape index (κ1) is 17.5. The van der Waals surface area contributed by atoms with E-state index in [-0.39, 0.29) is 11.7 Å². The zero-order valence-corrected chi connectivity index (χ0v) is 14.8. The summed E-state index contributed by atoms with van der Waals surface area (Å²) in [4.78, 5) is 16.5. The van der Waals surface area contributed by atoms with Crippen molar-refractivity contribution in [1.82, 2.24) is 4.98 Å². The standard InChI is InChI=1S/C21H21N3O2/c1-14-6-3-4-7-16(14)13-26-18-9-5-8-17(12-18)24-21(25)19-15(2)10-11-23-20(19)22/h3-12H,13H2,1-2H3,(H2,22,23)(H,24,25). The third-order valence-electron chi connectivity index (χ3n) is 4.16. The minimum absolute atomic E-state index is 0.217. The molecule has 0 radical (unpaired) electrons. The van der Waals surface area contributed by atoms with E-state index in [9.17, 15) is 4.79 Å². The predicted octanol–water partition coefficient (Wildman–Crippen LogP) is 4.11. The van der Waals surface area contributed by atoms with Gasteiger partial charge in [0.05, 0.1) is 5.56 Å². The monoisotopic (exact) mass is 347 g/mol. The molecule has 0 unspecified atom stereocenters. The average Bonchev–Trinajstić information content (AvgIpc) is 2.61. The number of carbonyl (C=O) groups is 1. The number of hydrogen-bond acceptors (Lipinski definition) is 4. The fourth-order valence-electron chi connectivity index (χ4n) is 2.67. The number of nitrogen functional groups attached to an aromatic ring is 1. The maximum atomic E-state index is 12.5. The molecule has 5 heteroatoms. The summed E-state index contributed by atoms with van der Waals surface area (Å²) >= 11 is 0. The summed E-state index contributed by atoms with van der Waals surface area (Å²) in [7, 11) is 0. The largest absolute Gasteiger partial charge is 0.489 e. The molecule has 2 aromatic carbocycles. The predicted molar refractivity (Wildman–Crippen MR) is 103 cm³/mol. The number of pyridine rings is 1. The van der Waals surface area contributed by atoms with Crippen LogP contribution < -0.4 is 15.8 Å². The van der Waals surface area contributed by atoms with Gasteiger partial charge in [0.2, 0.25) is 0 Å². The zero-order valence-electron chi connectivity index (χ0n) is 14.8. The molecule has 0 spiro atoms. The van der Waals surface area contributed by atoms with E-state index in [1.807, 2.05) is 37.3 Å². The molecular formula is C21H21N3O2. The molecule has 26 heavy (non-hydrogen) atoms. The van der Waals surface area contributed by atoms with Gasteiger partial charge in [-0.15, -0.1) is 0 Å². The first-order valence-electron chi connectivity index (χ1n) is 8.34. The van der Waals surface area contributed by atoms with Crippen molar-refractivity contribution in [3.8, 4) is 5.75 Å². The van der Waals surface area contributed by atoms with E-state index in [1.165, 1.54) is 5.56 Å². The molecule has 0 atom stereocenters. The molecule has 0 aliphatic heterocycles. The highest BCUT2D eigenvalue weighted by atomic mass is 16.5. The minimum atomic E-state index is -0.288. The maximum Gasteiger partial charge on any atom is 0.259 e. The van der Waals surface area contributed by atoms with Crippen molar-refractivity contribution >= 4 is 17.4 Å². The Morgan fingerprint density at radius 2 is 1.88 bits per heavy atom. The van der Waals surface area contributed by atoms with Crippen molar-refractivity contribution in [2.24, 2.45) is 0 Å². The Kier molecular flexibility index (Phi) is 5.17. The zero-order chi connectivity index (χ0) is 18.5. The van der Waals surface area contributed by atoms with Crippen LogP contribution >= 0.6 is 0 Å². The van der Waals surface area contributed by atoms with Crippen LogP contribution in [0.1, 0.15) is 27.0 Å². The number of carbonyl (C=O) groups excluding carboxylic acids is 1. The van der Waals surface area contributed by atoms with Crippen molar-refractivity contribution in [2.75, 3.05) is 11.1 Å². The molecule has 0 saturated heterocycles. The first-order valence-corrected chi connectivity index (χ1v) is 8.34. The smallest absolute Gasteiger partial charge is 0.259 e. The Hall–Kier alpha value is -3.34. The van der Waals surface area contributed by atoms with Crippen molar-refractivity contribution in [2.45, 2.75) is 20.5 Å². The van der Waals surface area contributed by atoms with Gasteiger partial charge in [0.1, 0.15) is 18.2 Å². The minimum Gasteiger partial charge on any atom is -0.489 e. The van der Waals surface area contributed by atoms with Gasteiger partial charge in [-0.3, -0.25) is 4.79 Å². The molecule has 3 aromatic rings. The van der Waals surface area contributed by atoms with Gasteiger partial charge >= 0.3 is 0 Å². The number of rotatable bonds is 5. The first-order chi connectivity index (χ1) is 12.5. The van der Waals surface area contributed by atoms with Gasteiger partial charge in [0.25, 0.3) is 5.91 Å². The number of benzene rings is 2. The number of amides is 1. The summed E-state index contributed by atoms with van der Waals surface area (Å²) in [6, 6.07) is 17.1. The van der Waals surface area contributed by atoms with Crippen molar-refractivity contribution in [3.63, 3.8) is 0 Å². The number of hydrogen-bond donors (Lipinski definition) is 2. The molecule has 1 heterocycles. The van der Waals surface area contributed by atoms with E-state index in [4.69, 9.17) is 10.5 Å². The Bertz CT molecular complexity index is 918. The number of nitrogens with zero attached hydrogens (tertiary/aromatic N) is 1. The quantitative estimate of drug-likeness (QED) is 0.728. The second-order valence-electron chi connectivity index (χ2n) is 6.09. The van der Waals surface area contributed by atoms with Crippen LogP contribution in [0.4, 0.5) is 11.5 Å². The highest BCUT2D eigenvalue weighted by Gasteiger charge is 2.14. The lowest BCUT2D eigenvalue weighted by Crippen LogP contribution is -2.16. The molecule has 0 aliphatic carbocycles. The van der Waals surface area contributed by atoms with Gasteiger partial charge in [0.15, 0.2) is 0 Å². The van der Waals surface area contributed by atoms with E-state index in [2.05, 4.69) is 23.3 Å². The van der Waals surface area contributed by atoms with Gasteiger partial charge in [-0.1, -0.05) is 30.3 Å². The van der Waals surface area contributed by atoms with Gasteiger partial charge in [-0.05, 0) is 48.7 Å². The molecule has 3 rings (SSSR count). The lowest BCUT2D eigenvalue weighted by Gasteiger charge is -2.12. The second-order valence-corrected chi connectivity index (χ2v) is 6.09. The van der Waals surface area contributed by atoms with E-state index < -0.39 is 0 Å². The van der Waals surface area contributed by atoms with Gasteiger partial charge in [0, 0.05) is 18.0 Å². The molecule has 3 N–H and O–H groups in total. The number of ether oxygens (including phenoxy) is 1. The molecule has 0 bridgehead atoms. The Morgan fingerprint density at radius 1 is 1.08 bits per heavy atom. The summed E-state index contributed by atoms with van der Waals surface area (Å²) in [5, 5.41) is 2.85. The molecule has 1 amide bonds. The van der Waals surface area contributed by atoms with Crippen molar-refractivity contribution in [1.29, 1.82) is 0 Å². The third-order valence-corrected chi connectivity index (χ3v) is 4.16. The fourth-order valence-corrected chi connectivity index (χ4v) is 2.67. The van der Waals surface area contributed by atoms with E-state index in [0.717, 1.165) is 11.1 Å². The Morgan fingerprint density at radius 3 is 2.65 bits per heavy atom. The third kappa shape index (κ3) is 4.00. The van der Waals surface area contributed by atoms with Crippen LogP contribution in [-0.2, 0) is 6.61 Å². The SMILES string of the molecule is Cc1ccccc1COc1cccc(NC(=O)c2c(C)ccnc2N)c1. The summed E-state index contributed by atoms with van der Waals surface area (Å²) in [6.45, 7) is 4.35. The summed E-state index contributed by atoms with van der Waals surface area (Å²) in [5.41, 5.74) is 9.95. The molecule has 5 nitrogen and oxygen atoms in total. The van der Waals surface area contributed by atoms with Gasteiger partial charge in [-0.25, -0.2) is 4.98 Å². The number of nitrogens with one attached hydrogen (secondary N) is 1. The highest BCUT2D eigenvalue weighted by Crippen LogP contribution is 2.21. The summed E-state index contributed by atoms with van der Waals surface area (Å²) < 4.78 is 5.86. The van der Waals surface area contributed by atoms with E-state index in [1.54, 1.807) is 24.4 Å². The van der Waals surface area contributed by atoms with Crippen LogP contribution in [-0.4, -0.2) is 10.9 Å². The average molecular weight is 347 g/mol. The van der Waals surface area contributed by atoms with Crippen LogP contribution in [0.25, 0.3) is 0 Å². The maximum absolute atomic E-state index is 12.5. The number of anilines is 2. The van der Waals surface area contributed by atoms with Crippen LogP contribution in [0.2, 0.25) is 0 Å². The van der Waals surface area contributed by atoms with Gasteiger partial charge < -0.3 is 15.8 Å². The van der Waals surface area contributed by atoms with Crippen LogP contribution in [0.3, 0.4) is 0 Å². The van der Waals surface area contributed by atoms with E-state index in [0.29, 0.717) is 23.6 Å². The molecule has 0 saturated carbocycles. The Balaban J connectivity index is 1.71. The molecule has 0 aliphatic rings. The molecular weight excluding hydrogens is 326 g/mol. The topological polar surface area (TPSA) is 77.2 Å². The molecule has 0 fully saturated rings. The summed E-state index contributed by atoms with van der Waals surface area (Å²) in [5.74, 6) is 0.612. The second kappa shape index (κ2) is 7.70. The van der Waals surface area contributed by atoms with Crippen LogP contribution in [0.5, 0.6) is 5.75 Å². The lowest BCUT2D eigenvalue weighted by molar-refractivity contribution is 0.102. The van der Waals surface area contributed by atoms with E-state index >= 15 is 0 Å². The summed E-state index contributed by atoms with van der Waals surface area (Å²) in [6.07, 6.45) is 1.58. The number of aryl methyl sites for hydroxylation is 2. The highest BCUT2D eigenvalue weighted by molar-refractivity contribution is 6.08. The normalized spacial score (nSPS) is 10.4. The lowest BCUT2D eigenvalue weighted by atomic mass is 10.1. The molecule has 132 valence electrons. The van der Waals surface area contributed by atoms with Gasteiger partial charge in [-0.2, -0.15) is 0 Å². The van der Waals surface area contributed by atoms with Crippen molar-refractivity contribution < 1.29 is 9.53 Å².